The van der Waals surface area contributed by atoms with Crippen molar-refractivity contribution in [2.24, 2.45) is 0 Å². The third-order valence-electron chi connectivity index (χ3n) is 4.11. The van der Waals surface area contributed by atoms with Gasteiger partial charge in [-0.1, -0.05) is 30.7 Å². The van der Waals surface area contributed by atoms with E-state index in [4.69, 9.17) is 0 Å². The number of sulfone groups is 1. The number of nitrogens with one attached hydrogen (secondary N) is 1. The van der Waals surface area contributed by atoms with Gasteiger partial charge in [0.15, 0.2) is 9.84 Å². The topological polar surface area (TPSA) is 63.2 Å². The number of benzene rings is 1. The third-order valence-corrected chi connectivity index (χ3v) is 6.12. The predicted molar refractivity (Wildman–Crippen MR) is 90.5 cm³/mol. The lowest BCUT2D eigenvalue weighted by atomic mass is 10.0. The van der Waals surface area contributed by atoms with Gasteiger partial charge in [-0.25, -0.2) is 8.42 Å². The molecule has 0 aliphatic rings. The van der Waals surface area contributed by atoms with Crippen LogP contribution in [-0.2, 0) is 20.4 Å². The second-order valence-corrected chi connectivity index (χ2v) is 8.93. The van der Waals surface area contributed by atoms with Crippen LogP contribution < -0.4 is 5.32 Å². The van der Waals surface area contributed by atoms with E-state index < -0.39 is 26.5 Å². The summed E-state index contributed by atoms with van der Waals surface area (Å²) in [5.74, 6) is -0.543. The Morgan fingerprint density at radius 3 is 2.41 bits per heavy atom. The van der Waals surface area contributed by atoms with E-state index in [0.717, 1.165) is 23.1 Å². The SMILES string of the molecule is CCC(C)(C)NC(=O)C(C)S(=O)(=O)Cc1cc(C)ccc1C. The summed E-state index contributed by atoms with van der Waals surface area (Å²) in [4.78, 5) is 12.2. The molecule has 0 bridgehead atoms. The molecule has 0 aromatic heterocycles. The van der Waals surface area contributed by atoms with Crippen LogP contribution in [0, 0.1) is 13.8 Å². The summed E-state index contributed by atoms with van der Waals surface area (Å²) in [6.07, 6.45) is 0.739. The van der Waals surface area contributed by atoms with Crippen molar-refractivity contribution >= 4 is 15.7 Å². The van der Waals surface area contributed by atoms with Crippen LogP contribution in [0.25, 0.3) is 0 Å². The van der Waals surface area contributed by atoms with Gasteiger partial charge in [-0.3, -0.25) is 4.79 Å². The normalized spacial score (nSPS) is 13.7. The molecule has 22 heavy (non-hydrogen) atoms. The van der Waals surface area contributed by atoms with E-state index >= 15 is 0 Å². The monoisotopic (exact) mass is 325 g/mol. The van der Waals surface area contributed by atoms with E-state index in [0.29, 0.717) is 0 Å². The van der Waals surface area contributed by atoms with Crippen LogP contribution in [0.5, 0.6) is 0 Å². The first-order valence-electron chi connectivity index (χ1n) is 7.58. The first kappa shape index (κ1) is 18.7. The zero-order chi connectivity index (χ0) is 17.1. The number of aryl methyl sites for hydroxylation is 2. The zero-order valence-corrected chi connectivity index (χ0v) is 15.2. The Kier molecular flexibility index (Phi) is 5.79. The van der Waals surface area contributed by atoms with Crippen molar-refractivity contribution in [3.05, 3.63) is 34.9 Å². The Balaban J connectivity index is 2.94. The summed E-state index contributed by atoms with van der Waals surface area (Å²) in [5.41, 5.74) is 2.30. The zero-order valence-electron chi connectivity index (χ0n) is 14.4. The predicted octanol–water partition coefficient (Wildman–Crippen LogP) is 2.91. The Bertz CT molecular complexity index is 648. The van der Waals surface area contributed by atoms with Crippen molar-refractivity contribution in [3.63, 3.8) is 0 Å². The van der Waals surface area contributed by atoms with E-state index in [2.05, 4.69) is 5.32 Å². The van der Waals surface area contributed by atoms with Crippen LogP contribution in [0.3, 0.4) is 0 Å². The summed E-state index contributed by atoms with van der Waals surface area (Å²) >= 11 is 0. The molecule has 0 heterocycles. The lowest BCUT2D eigenvalue weighted by molar-refractivity contribution is -0.122. The van der Waals surface area contributed by atoms with Gasteiger partial charge in [-0.2, -0.15) is 0 Å². The highest BCUT2D eigenvalue weighted by Crippen LogP contribution is 2.18. The number of carbonyl (C=O) groups is 1. The fourth-order valence-electron chi connectivity index (χ4n) is 1.98. The molecule has 1 atom stereocenters. The van der Waals surface area contributed by atoms with Gasteiger partial charge in [0, 0.05) is 5.54 Å². The number of hydrogen-bond donors (Lipinski definition) is 1. The molecule has 0 aliphatic carbocycles. The third kappa shape index (κ3) is 4.83. The second-order valence-electron chi connectivity index (χ2n) is 6.61. The highest BCUT2D eigenvalue weighted by molar-refractivity contribution is 7.92. The lowest BCUT2D eigenvalue weighted by Crippen LogP contribution is -2.48. The molecule has 1 aromatic carbocycles. The molecule has 1 amide bonds. The first-order chi connectivity index (χ1) is 9.98. The summed E-state index contributed by atoms with van der Waals surface area (Å²) in [6.45, 7) is 11.0. The maximum absolute atomic E-state index is 12.5. The average molecular weight is 325 g/mol. The number of carbonyl (C=O) groups excluding carboxylic acids is 1. The fraction of sp³-hybridized carbons (Fsp3) is 0.588. The summed E-state index contributed by atoms with van der Waals surface area (Å²) in [5, 5.41) is 1.75. The van der Waals surface area contributed by atoms with Crippen LogP contribution >= 0.6 is 0 Å². The van der Waals surface area contributed by atoms with Gasteiger partial charge in [-0.05, 0) is 52.2 Å². The van der Waals surface area contributed by atoms with Crippen molar-refractivity contribution < 1.29 is 13.2 Å². The van der Waals surface area contributed by atoms with Crippen molar-refractivity contribution in [2.45, 2.75) is 64.5 Å². The van der Waals surface area contributed by atoms with E-state index in [-0.39, 0.29) is 5.75 Å². The van der Waals surface area contributed by atoms with Crippen LogP contribution in [0.1, 0.15) is 50.8 Å². The average Bonchev–Trinajstić information content (AvgIpc) is 2.41. The molecular weight excluding hydrogens is 298 g/mol. The van der Waals surface area contributed by atoms with Gasteiger partial charge in [0.1, 0.15) is 5.25 Å². The van der Waals surface area contributed by atoms with Gasteiger partial charge in [0.25, 0.3) is 0 Å². The molecule has 1 N–H and O–H groups in total. The molecule has 0 saturated heterocycles. The molecule has 4 nitrogen and oxygen atoms in total. The van der Waals surface area contributed by atoms with Gasteiger partial charge < -0.3 is 5.32 Å². The van der Waals surface area contributed by atoms with E-state index in [1.54, 1.807) is 0 Å². The Morgan fingerprint density at radius 1 is 1.27 bits per heavy atom. The maximum Gasteiger partial charge on any atom is 0.238 e. The summed E-state index contributed by atoms with van der Waals surface area (Å²) in [6, 6.07) is 5.73. The number of hydrogen-bond acceptors (Lipinski definition) is 3. The van der Waals surface area contributed by atoms with Crippen molar-refractivity contribution in [3.8, 4) is 0 Å². The van der Waals surface area contributed by atoms with Gasteiger partial charge in [0.05, 0.1) is 5.75 Å². The van der Waals surface area contributed by atoms with Gasteiger partial charge in [-0.15, -0.1) is 0 Å². The van der Waals surface area contributed by atoms with E-state index in [9.17, 15) is 13.2 Å². The lowest BCUT2D eigenvalue weighted by Gasteiger charge is -2.26. The highest BCUT2D eigenvalue weighted by Gasteiger charge is 2.31. The quantitative estimate of drug-likeness (QED) is 0.874. The molecule has 0 fully saturated rings. The summed E-state index contributed by atoms with van der Waals surface area (Å²) in [7, 11) is -3.54. The minimum atomic E-state index is -3.54. The minimum absolute atomic E-state index is 0.109. The van der Waals surface area contributed by atoms with Crippen LogP contribution in [0.2, 0.25) is 0 Å². The van der Waals surface area contributed by atoms with Crippen molar-refractivity contribution in [2.75, 3.05) is 0 Å². The van der Waals surface area contributed by atoms with Crippen molar-refractivity contribution in [1.29, 1.82) is 0 Å². The molecule has 1 unspecified atom stereocenters. The van der Waals surface area contributed by atoms with Crippen LogP contribution in [-0.4, -0.2) is 25.1 Å². The molecule has 5 heteroatoms. The molecule has 124 valence electrons. The Hall–Kier alpha value is -1.36. The maximum atomic E-state index is 12.5. The number of rotatable bonds is 6. The highest BCUT2D eigenvalue weighted by atomic mass is 32.2. The van der Waals surface area contributed by atoms with E-state index in [1.165, 1.54) is 6.92 Å². The summed E-state index contributed by atoms with van der Waals surface area (Å²) < 4.78 is 25.0. The van der Waals surface area contributed by atoms with Crippen LogP contribution in [0.4, 0.5) is 0 Å². The molecule has 0 spiro atoms. The molecule has 0 radical (unpaired) electrons. The van der Waals surface area contributed by atoms with Crippen molar-refractivity contribution in [1.82, 2.24) is 5.32 Å². The van der Waals surface area contributed by atoms with Crippen LogP contribution in [0.15, 0.2) is 18.2 Å². The molecule has 1 aromatic rings. The Morgan fingerprint density at radius 2 is 1.86 bits per heavy atom. The molecule has 1 rings (SSSR count). The second kappa shape index (κ2) is 6.82. The molecule has 0 aliphatic heterocycles. The first-order valence-corrected chi connectivity index (χ1v) is 9.30. The van der Waals surface area contributed by atoms with Gasteiger partial charge in [0.2, 0.25) is 5.91 Å². The smallest absolute Gasteiger partial charge is 0.238 e. The molecular formula is C17H27NO3S. The fourth-order valence-corrected chi connectivity index (χ4v) is 3.36. The number of amides is 1. The minimum Gasteiger partial charge on any atom is -0.350 e. The largest absolute Gasteiger partial charge is 0.350 e. The molecule has 0 saturated carbocycles. The van der Waals surface area contributed by atoms with Gasteiger partial charge >= 0.3 is 0 Å². The standard InChI is InChI=1S/C17H27NO3S/c1-7-17(5,6)18-16(19)14(4)22(20,21)11-15-10-12(2)8-9-13(15)3/h8-10,14H,7,11H2,1-6H3,(H,18,19). The Labute approximate surface area is 134 Å². The van der Waals surface area contributed by atoms with E-state index in [1.807, 2.05) is 52.8 Å².